The minimum atomic E-state index is 0.00639. The molecular formula is C23H32N4O2S. The molecule has 3 aliphatic rings. The Bertz CT molecular complexity index is 827. The molecule has 2 atom stereocenters. The van der Waals surface area contributed by atoms with Gasteiger partial charge in [-0.3, -0.25) is 9.69 Å². The number of nitrogens with zero attached hydrogens (tertiary/aromatic N) is 3. The molecule has 1 saturated carbocycles. The van der Waals surface area contributed by atoms with Gasteiger partial charge in [0.25, 0.3) is 0 Å². The van der Waals surface area contributed by atoms with Crippen molar-refractivity contribution in [2.45, 2.75) is 55.0 Å². The van der Waals surface area contributed by atoms with Gasteiger partial charge in [0.15, 0.2) is 5.16 Å². The predicted octanol–water partition coefficient (Wildman–Crippen LogP) is 3.54. The molecule has 3 heterocycles. The molecule has 2 aromatic rings. The molecule has 2 saturated heterocycles. The van der Waals surface area contributed by atoms with Crippen LogP contribution in [0.4, 0.5) is 0 Å². The maximum atomic E-state index is 13.4. The number of imidazole rings is 1. The van der Waals surface area contributed by atoms with Crippen LogP contribution in [0, 0.1) is 5.92 Å². The molecule has 1 aliphatic carbocycles. The Labute approximate surface area is 182 Å². The number of H-pyrrole nitrogens is 1. The summed E-state index contributed by atoms with van der Waals surface area (Å²) in [5.41, 5.74) is 2.09. The van der Waals surface area contributed by atoms with Crippen LogP contribution >= 0.6 is 11.8 Å². The first-order valence-electron chi connectivity index (χ1n) is 11.5. The van der Waals surface area contributed by atoms with Gasteiger partial charge in [0.05, 0.1) is 30.3 Å². The van der Waals surface area contributed by atoms with Gasteiger partial charge >= 0.3 is 0 Å². The van der Waals surface area contributed by atoms with Crippen molar-refractivity contribution in [2.24, 2.45) is 5.92 Å². The molecule has 162 valence electrons. The van der Waals surface area contributed by atoms with E-state index in [2.05, 4.69) is 16.0 Å². The van der Waals surface area contributed by atoms with Gasteiger partial charge in [-0.15, -0.1) is 0 Å². The lowest BCUT2D eigenvalue weighted by molar-refractivity contribution is -0.140. The Kier molecular flexibility index (Phi) is 6.29. The lowest BCUT2D eigenvalue weighted by Crippen LogP contribution is -2.50. The van der Waals surface area contributed by atoms with E-state index in [1.807, 2.05) is 23.1 Å². The second-order valence-corrected chi connectivity index (χ2v) is 10.2. The Morgan fingerprint density at radius 3 is 2.77 bits per heavy atom. The van der Waals surface area contributed by atoms with Gasteiger partial charge in [-0.1, -0.05) is 43.2 Å². The number of morpholine rings is 1. The number of para-hydroxylation sites is 2. The van der Waals surface area contributed by atoms with E-state index in [1.54, 1.807) is 11.8 Å². The second kappa shape index (κ2) is 9.28. The van der Waals surface area contributed by atoms with E-state index in [0.29, 0.717) is 24.4 Å². The lowest BCUT2D eigenvalue weighted by Gasteiger charge is -2.34. The molecule has 5 rings (SSSR count). The Balaban J connectivity index is 1.29. The lowest BCUT2D eigenvalue weighted by atomic mass is 9.89. The predicted molar refractivity (Wildman–Crippen MR) is 120 cm³/mol. The molecule has 0 spiro atoms. The quantitative estimate of drug-likeness (QED) is 0.789. The van der Waals surface area contributed by atoms with Crippen LogP contribution in [-0.2, 0) is 9.53 Å². The standard InChI is InChI=1S/C23H32N4O2S/c28-22(26-10-12-29-13-11-26)21-14-18(16-27(21)15-17-6-2-1-3-7-17)30-23-24-19-8-4-5-9-20(19)25-23/h4-5,8-9,17-18,21H,1-3,6-7,10-16H2,(H,24,25)/t18-,21+/m1/s1. The smallest absolute Gasteiger partial charge is 0.240 e. The van der Waals surface area contributed by atoms with Gasteiger partial charge in [0.2, 0.25) is 5.91 Å². The summed E-state index contributed by atoms with van der Waals surface area (Å²) in [6.07, 6.45) is 7.60. The zero-order chi connectivity index (χ0) is 20.3. The third kappa shape index (κ3) is 4.53. The van der Waals surface area contributed by atoms with Gasteiger partial charge in [-0.25, -0.2) is 4.98 Å². The monoisotopic (exact) mass is 428 g/mol. The van der Waals surface area contributed by atoms with Crippen molar-refractivity contribution < 1.29 is 9.53 Å². The first kappa shape index (κ1) is 20.3. The van der Waals surface area contributed by atoms with Crippen LogP contribution in [0.1, 0.15) is 38.5 Å². The third-order valence-corrected chi connectivity index (χ3v) is 7.93. The molecule has 0 unspecified atom stereocenters. The highest BCUT2D eigenvalue weighted by molar-refractivity contribution is 7.99. The van der Waals surface area contributed by atoms with Crippen molar-refractivity contribution >= 4 is 28.7 Å². The molecule has 3 fully saturated rings. The van der Waals surface area contributed by atoms with Crippen LogP contribution in [0.15, 0.2) is 29.4 Å². The molecule has 1 aromatic carbocycles. The molecule has 1 amide bonds. The van der Waals surface area contributed by atoms with Gasteiger partial charge in [-0.2, -0.15) is 0 Å². The fraction of sp³-hybridized carbons (Fsp3) is 0.652. The fourth-order valence-electron chi connectivity index (χ4n) is 5.24. The first-order valence-corrected chi connectivity index (χ1v) is 12.4. The maximum absolute atomic E-state index is 13.4. The third-order valence-electron chi connectivity index (χ3n) is 6.84. The number of carbonyl (C=O) groups excluding carboxylic acids is 1. The molecule has 0 radical (unpaired) electrons. The Hall–Kier alpha value is -1.57. The van der Waals surface area contributed by atoms with Gasteiger partial charge in [-0.05, 0) is 37.3 Å². The summed E-state index contributed by atoms with van der Waals surface area (Å²) in [7, 11) is 0. The molecule has 6 nitrogen and oxygen atoms in total. The molecule has 7 heteroatoms. The summed E-state index contributed by atoms with van der Waals surface area (Å²) in [6.45, 7) is 4.83. The largest absolute Gasteiger partial charge is 0.378 e. The SMILES string of the molecule is O=C([C@@H]1C[C@@H](Sc2nc3ccccc3[nH]2)CN1CC1CCCCC1)N1CCOCC1. The fourth-order valence-corrected chi connectivity index (χ4v) is 6.42. The number of rotatable bonds is 5. The number of aromatic amines is 1. The summed E-state index contributed by atoms with van der Waals surface area (Å²) in [5, 5.41) is 1.36. The van der Waals surface area contributed by atoms with E-state index in [4.69, 9.17) is 9.72 Å². The number of thioether (sulfide) groups is 1. The maximum Gasteiger partial charge on any atom is 0.240 e. The number of aromatic nitrogens is 2. The zero-order valence-electron chi connectivity index (χ0n) is 17.6. The van der Waals surface area contributed by atoms with E-state index in [9.17, 15) is 4.79 Å². The number of hydrogen-bond acceptors (Lipinski definition) is 5. The molecule has 0 bridgehead atoms. The Morgan fingerprint density at radius 2 is 1.97 bits per heavy atom. The summed E-state index contributed by atoms with van der Waals surface area (Å²) >= 11 is 1.81. The summed E-state index contributed by atoms with van der Waals surface area (Å²) in [5.74, 6) is 1.05. The molecule has 1 N–H and O–H groups in total. The summed E-state index contributed by atoms with van der Waals surface area (Å²) in [4.78, 5) is 26.1. The van der Waals surface area contributed by atoms with E-state index < -0.39 is 0 Å². The van der Waals surface area contributed by atoms with Crippen LogP contribution in [-0.4, -0.2) is 76.4 Å². The number of ether oxygens (including phenoxy) is 1. The van der Waals surface area contributed by atoms with Crippen molar-refractivity contribution in [1.29, 1.82) is 0 Å². The van der Waals surface area contributed by atoms with Crippen LogP contribution in [0.2, 0.25) is 0 Å². The van der Waals surface area contributed by atoms with E-state index in [-0.39, 0.29) is 6.04 Å². The first-order chi connectivity index (χ1) is 14.8. The topological polar surface area (TPSA) is 61.5 Å². The highest BCUT2D eigenvalue weighted by Crippen LogP contribution is 2.35. The van der Waals surface area contributed by atoms with E-state index >= 15 is 0 Å². The second-order valence-electron chi connectivity index (χ2n) is 8.95. The minimum Gasteiger partial charge on any atom is -0.378 e. The van der Waals surface area contributed by atoms with Gasteiger partial charge in [0, 0.05) is 31.4 Å². The van der Waals surface area contributed by atoms with Crippen LogP contribution in [0.3, 0.4) is 0 Å². The van der Waals surface area contributed by atoms with Gasteiger partial charge < -0.3 is 14.6 Å². The number of amides is 1. The normalized spacial score (nSPS) is 26.5. The highest BCUT2D eigenvalue weighted by Gasteiger charge is 2.40. The molecule has 1 aromatic heterocycles. The Morgan fingerprint density at radius 1 is 1.17 bits per heavy atom. The summed E-state index contributed by atoms with van der Waals surface area (Å²) in [6, 6.07) is 8.18. The van der Waals surface area contributed by atoms with Crippen molar-refractivity contribution in [3.8, 4) is 0 Å². The van der Waals surface area contributed by atoms with E-state index in [1.165, 1.54) is 32.1 Å². The molecular weight excluding hydrogens is 396 g/mol. The number of hydrogen-bond donors (Lipinski definition) is 1. The van der Waals surface area contributed by atoms with Crippen molar-refractivity contribution in [3.05, 3.63) is 24.3 Å². The van der Waals surface area contributed by atoms with Crippen molar-refractivity contribution in [3.63, 3.8) is 0 Å². The molecule has 2 aliphatic heterocycles. The number of benzene rings is 1. The molecule has 30 heavy (non-hydrogen) atoms. The zero-order valence-corrected chi connectivity index (χ0v) is 18.4. The minimum absolute atomic E-state index is 0.00639. The van der Waals surface area contributed by atoms with Crippen molar-refractivity contribution in [1.82, 2.24) is 19.8 Å². The van der Waals surface area contributed by atoms with Crippen LogP contribution in [0.25, 0.3) is 11.0 Å². The number of likely N-dealkylation sites (tertiary alicyclic amines) is 1. The van der Waals surface area contributed by atoms with E-state index in [0.717, 1.165) is 54.7 Å². The number of fused-ring (bicyclic) bond motifs is 1. The van der Waals surface area contributed by atoms with Crippen LogP contribution in [0.5, 0.6) is 0 Å². The number of carbonyl (C=O) groups is 1. The summed E-state index contributed by atoms with van der Waals surface area (Å²) < 4.78 is 5.47. The highest BCUT2D eigenvalue weighted by atomic mass is 32.2. The van der Waals surface area contributed by atoms with Crippen LogP contribution < -0.4 is 0 Å². The number of nitrogens with one attached hydrogen (secondary N) is 1. The average molecular weight is 429 g/mol. The van der Waals surface area contributed by atoms with Crippen molar-refractivity contribution in [2.75, 3.05) is 39.4 Å². The van der Waals surface area contributed by atoms with Gasteiger partial charge in [0.1, 0.15) is 0 Å². The average Bonchev–Trinajstić information content (AvgIpc) is 3.38.